The van der Waals surface area contributed by atoms with E-state index in [1.807, 2.05) is 13.0 Å². The molecule has 0 rings (SSSR count). The van der Waals surface area contributed by atoms with E-state index in [-0.39, 0.29) is 6.10 Å². The van der Waals surface area contributed by atoms with Crippen molar-refractivity contribution in [3.8, 4) is 0 Å². The Morgan fingerprint density at radius 1 is 1.42 bits per heavy atom. The van der Waals surface area contributed by atoms with Crippen LogP contribution in [0.1, 0.15) is 33.1 Å². The van der Waals surface area contributed by atoms with Crippen molar-refractivity contribution in [2.45, 2.75) is 39.2 Å². The molecular weight excluding hydrogens is 152 g/mol. The highest BCUT2D eigenvalue weighted by atomic mass is 16.5. The van der Waals surface area contributed by atoms with Crippen molar-refractivity contribution in [3.05, 3.63) is 12.2 Å². The second kappa shape index (κ2) is 8.47. The van der Waals surface area contributed by atoms with Crippen LogP contribution in [-0.4, -0.2) is 19.0 Å². The molecule has 1 atom stereocenters. The predicted octanol–water partition coefficient (Wildman–Crippen LogP) is 2.34. The van der Waals surface area contributed by atoms with Gasteiger partial charge in [-0.2, -0.15) is 0 Å². The monoisotopic (exact) mass is 170 g/mol. The third-order valence-electron chi connectivity index (χ3n) is 1.64. The Hall–Kier alpha value is -0.630. The molecule has 0 radical (unpaired) electrons. The zero-order valence-corrected chi connectivity index (χ0v) is 7.95. The second-order valence-electron chi connectivity index (χ2n) is 2.69. The van der Waals surface area contributed by atoms with Crippen LogP contribution in [0.4, 0.5) is 0 Å². The van der Waals surface area contributed by atoms with Gasteiger partial charge in [0.05, 0.1) is 6.10 Å². The maximum absolute atomic E-state index is 10.0. The summed E-state index contributed by atoms with van der Waals surface area (Å²) >= 11 is 0. The third kappa shape index (κ3) is 6.10. The Morgan fingerprint density at radius 3 is 2.67 bits per heavy atom. The molecule has 0 heterocycles. The number of carbonyl (C=O) groups is 1. The molecule has 12 heavy (non-hydrogen) atoms. The number of aldehydes is 1. The summed E-state index contributed by atoms with van der Waals surface area (Å²) in [4.78, 5) is 10.0. The van der Waals surface area contributed by atoms with Gasteiger partial charge in [0.25, 0.3) is 0 Å². The van der Waals surface area contributed by atoms with Crippen molar-refractivity contribution >= 4 is 6.29 Å². The first-order valence-corrected chi connectivity index (χ1v) is 4.58. The van der Waals surface area contributed by atoms with Crippen LogP contribution in [0.15, 0.2) is 12.2 Å². The molecule has 0 bridgehead atoms. The molecule has 2 nitrogen and oxygen atoms in total. The van der Waals surface area contributed by atoms with E-state index in [1.54, 1.807) is 0 Å². The number of hydrogen-bond donors (Lipinski definition) is 0. The Labute approximate surface area is 74.6 Å². The van der Waals surface area contributed by atoms with E-state index in [1.165, 1.54) is 6.08 Å². The van der Waals surface area contributed by atoms with E-state index in [4.69, 9.17) is 4.74 Å². The number of hydrogen-bond acceptors (Lipinski definition) is 2. The van der Waals surface area contributed by atoms with Gasteiger partial charge in [0, 0.05) is 6.61 Å². The Morgan fingerprint density at radius 2 is 2.17 bits per heavy atom. The van der Waals surface area contributed by atoms with Gasteiger partial charge in [0.2, 0.25) is 0 Å². The average molecular weight is 170 g/mol. The highest BCUT2D eigenvalue weighted by molar-refractivity contribution is 5.64. The van der Waals surface area contributed by atoms with Gasteiger partial charge in [-0.3, -0.25) is 4.79 Å². The molecule has 1 unspecified atom stereocenters. The van der Waals surface area contributed by atoms with Crippen LogP contribution in [0.2, 0.25) is 0 Å². The van der Waals surface area contributed by atoms with E-state index in [0.717, 1.165) is 32.2 Å². The van der Waals surface area contributed by atoms with Crippen molar-refractivity contribution in [2.75, 3.05) is 6.61 Å². The third-order valence-corrected chi connectivity index (χ3v) is 1.64. The van der Waals surface area contributed by atoms with Gasteiger partial charge >= 0.3 is 0 Å². The van der Waals surface area contributed by atoms with Crippen LogP contribution in [0.25, 0.3) is 0 Å². The van der Waals surface area contributed by atoms with E-state index in [2.05, 4.69) is 6.92 Å². The van der Waals surface area contributed by atoms with Gasteiger partial charge in [-0.1, -0.05) is 26.3 Å². The summed E-state index contributed by atoms with van der Waals surface area (Å²) in [7, 11) is 0. The van der Waals surface area contributed by atoms with Crippen LogP contribution in [0, 0.1) is 0 Å². The minimum atomic E-state index is 0.113. The van der Waals surface area contributed by atoms with E-state index in [0.29, 0.717) is 0 Å². The molecule has 0 fully saturated rings. The smallest absolute Gasteiger partial charge is 0.142 e. The molecule has 0 saturated carbocycles. The van der Waals surface area contributed by atoms with Crippen molar-refractivity contribution in [2.24, 2.45) is 0 Å². The normalized spacial score (nSPS) is 13.5. The van der Waals surface area contributed by atoms with Gasteiger partial charge < -0.3 is 4.74 Å². The van der Waals surface area contributed by atoms with Crippen molar-refractivity contribution in [1.82, 2.24) is 0 Å². The molecule has 0 aromatic heterocycles. The Kier molecular flexibility index (Phi) is 8.02. The van der Waals surface area contributed by atoms with Crippen LogP contribution >= 0.6 is 0 Å². The van der Waals surface area contributed by atoms with Gasteiger partial charge in [-0.15, -0.1) is 0 Å². The number of ether oxygens (including phenoxy) is 1. The number of unbranched alkanes of at least 4 members (excludes halogenated alkanes) is 1. The van der Waals surface area contributed by atoms with E-state index < -0.39 is 0 Å². The average Bonchev–Trinajstić information content (AvgIpc) is 2.11. The minimum absolute atomic E-state index is 0.113. The fraction of sp³-hybridized carbons (Fsp3) is 0.700. The summed E-state index contributed by atoms with van der Waals surface area (Å²) in [6, 6.07) is 0. The molecule has 70 valence electrons. The highest BCUT2D eigenvalue weighted by Crippen LogP contribution is 2.01. The van der Waals surface area contributed by atoms with Gasteiger partial charge in [-0.25, -0.2) is 0 Å². The maximum atomic E-state index is 10.0. The first kappa shape index (κ1) is 11.4. The predicted molar refractivity (Wildman–Crippen MR) is 50.1 cm³/mol. The van der Waals surface area contributed by atoms with Crippen LogP contribution in [0.3, 0.4) is 0 Å². The van der Waals surface area contributed by atoms with Gasteiger partial charge in [-0.05, 0) is 18.9 Å². The largest absolute Gasteiger partial charge is 0.374 e. The fourth-order valence-corrected chi connectivity index (χ4v) is 0.858. The first-order valence-electron chi connectivity index (χ1n) is 4.58. The molecule has 0 aliphatic carbocycles. The van der Waals surface area contributed by atoms with Crippen LogP contribution in [0.5, 0.6) is 0 Å². The molecule has 0 aliphatic rings. The summed E-state index contributed by atoms with van der Waals surface area (Å²) in [5.74, 6) is 0. The minimum Gasteiger partial charge on any atom is -0.374 e. The molecule has 0 saturated heterocycles. The molecular formula is C10H18O2. The highest BCUT2D eigenvalue weighted by Gasteiger charge is 1.99. The van der Waals surface area contributed by atoms with E-state index >= 15 is 0 Å². The standard InChI is InChI=1S/C10H18O2/c1-3-5-9-12-10(4-2)7-6-8-11/h6-8,10H,3-5,9H2,1-2H3. The van der Waals surface area contributed by atoms with E-state index in [9.17, 15) is 4.79 Å². The summed E-state index contributed by atoms with van der Waals surface area (Å²) < 4.78 is 5.49. The summed E-state index contributed by atoms with van der Waals surface area (Å²) in [5.41, 5.74) is 0. The topological polar surface area (TPSA) is 26.3 Å². The zero-order chi connectivity index (χ0) is 9.23. The number of rotatable bonds is 7. The number of allylic oxidation sites excluding steroid dienone is 1. The van der Waals surface area contributed by atoms with Crippen LogP contribution in [-0.2, 0) is 9.53 Å². The lowest BCUT2D eigenvalue weighted by Gasteiger charge is -2.10. The maximum Gasteiger partial charge on any atom is 0.142 e. The molecule has 2 heteroatoms. The molecule has 0 aromatic rings. The Bertz CT molecular complexity index is 130. The van der Waals surface area contributed by atoms with Crippen molar-refractivity contribution in [3.63, 3.8) is 0 Å². The fourth-order valence-electron chi connectivity index (χ4n) is 0.858. The van der Waals surface area contributed by atoms with Crippen molar-refractivity contribution < 1.29 is 9.53 Å². The summed E-state index contributed by atoms with van der Waals surface area (Å²) in [6.45, 7) is 4.97. The molecule has 0 aromatic carbocycles. The summed E-state index contributed by atoms with van der Waals surface area (Å²) in [5, 5.41) is 0. The lowest BCUT2D eigenvalue weighted by atomic mass is 10.2. The second-order valence-corrected chi connectivity index (χ2v) is 2.69. The van der Waals surface area contributed by atoms with Gasteiger partial charge in [0.15, 0.2) is 0 Å². The van der Waals surface area contributed by atoms with Crippen LogP contribution < -0.4 is 0 Å². The number of carbonyl (C=O) groups excluding carboxylic acids is 1. The first-order chi connectivity index (χ1) is 5.85. The molecule has 0 aliphatic heterocycles. The summed E-state index contributed by atoms with van der Waals surface area (Å²) in [6.07, 6.45) is 7.36. The quantitative estimate of drug-likeness (QED) is 0.333. The SMILES string of the molecule is CCCCOC(C=CC=O)CC. The van der Waals surface area contributed by atoms with Gasteiger partial charge in [0.1, 0.15) is 6.29 Å². The Balaban J connectivity index is 3.52. The lowest BCUT2D eigenvalue weighted by molar-refractivity contribution is -0.104. The lowest BCUT2D eigenvalue weighted by Crippen LogP contribution is -2.09. The molecule has 0 spiro atoms. The molecule has 0 N–H and O–H groups in total. The zero-order valence-electron chi connectivity index (χ0n) is 7.95. The van der Waals surface area contributed by atoms with Crippen molar-refractivity contribution in [1.29, 1.82) is 0 Å². The molecule has 0 amide bonds.